The van der Waals surface area contributed by atoms with Gasteiger partial charge in [0.25, 0.3) is 0 Å². The van der Waals surface area contributed by atoms with Crippen LogP contribution >= 0.6 is 0 Å². The van der Waals surface area contributed by atoms with Gasteiger partial charge < -0.3 is 19.4 Å². The highest BCUT2D eigenvalue weighted by Gasteiger charge is 2.22. The SMILES string of the molecule is C=CCc1ccccc1OCCCCn1c(CCCNC(=O)C2CCCO2)nc2ccccc21. The quantitative estimate of drug-likeness (QED) is 0.292. The number of benzene rings is 2. The van der Waals surface area contributed by atoms with E-state index in [2.05, 4.69) is 40.7 Å². The summed E-state index contributed by atoms with van der Waals surface area (Å²) >= 11 is 0. The smallest absolute Gasteiger partial charge is 0.249 e. The fraction of sp³-hybridized carbons (Fsp3) is 0.429. The Kier molecular flexibility index (Phi) is 8.74. The summed E-state index contributed by atoms with van der Waals surface area (Å²) in [4.78, 5) is 17.0. The Morgan fingerprint density at radius 3 is 2.88 bits per heavy atom. The van der Waals surface area contributed by atoms with E-state index >= 15 is 0 Å². The van der Waals surface area contributed by atoms with Crippen LogP contribution < -0.4 is 10.1 Å². The summed E-state index contributed by atoms with van der Waals surface area (Å²) in [5.74, 6) is 2.03. The Morgan fingerprint density at radius 2 is 2.03 bits per heavy atom. The lowest BCUT2D eigenvalue weighted by Crippen LogP contribution is -2.34. The molecule has 1 aliphatic heterocycles. The van der Waals surface area contributed by atoms with E-state index in [-0.39, 0.29) is 12.0 Å². The largest absolute Gasteiger partial charge is 0.493 e. The number of nitrogens with zero attached hydrogens (tertiary/aromatic N) is 2. The highest BCUT2D eigenvalue weighted by Crippen LogP contribution is 2.20. The summed E-state index contributed by atoms with van der Waals surface area (Å²) in [5.41, 5.74) is 3.36. The van der Waals surface area contributed by atoms with Crippen LogP contribution in [0.3, 0.4) is 0 Å². The highest BCUT2D eigenvalue weighted by molar-refractivity contribution is 5.80. The molecule has 180 valence electrons. The molecule has 3 aromatic rings. The molecule has 4 rings (SSSR count). The first-order chi connectivity index (χ1) is 16.8. The molecular weight excluding hydrogens is 426 g/mol. The van der Waals surface area contributed by atoms with Crippen LogP contribution in [0, 0.1) is 0 Å². The summed E-state index contributed by atoms with van der Waals surface area (Å²) in [6, 6.07) is 16.4. The van der Waals surface area contributed by atoms with Crippen molar-refractivity contribution in [3.8, 4) is 5.75 Å². The Hall–Kier alpha value is -3.12. The van der Waals surface area contributed by atoms with Gasteiger partial charge >= 0.3 is 0 Å². The molecule has 1 aliphatic rings. The molecule has 6 nitrogen and oxygen atoms in total. The van der Waals surface area contributed by atoms with Gasteiger partial charge in [0.1, 0.15) is 17.7 Å². The molecule has 0 bridgehead atoms. The highest BCUT2D eigenvalue weighted by atomic mass is 16.5. The van der Waals surface area contributed by atoms with Gasteiger partial charge in [0, 0.05) is 26.1 Å². The number of imidazole rings is 1. The number of fused-ring (bicyclic) bond motifs is 1. The summed E-state index contributed by atoms with van der Waals surface area (Å²) in [6.45, 7) is 6.74. The lowest BCUT2D eigenvalue weighted by atomic mass is 10.1. The Balaban J connectivity index is 1.28. The molecule has 0 radical (unpaired) electrons. The topological polar surface area (TPSA) is 65.4 Å². The minimum absolute atomic E-state index is 0.0145. The van der Waals surface area contributed by atoms with E-state index in [1.54, 1.807) is 0 Å². The van der Waals surface area contributed by atoms with Crippen molar-refractivity contribution in [2.75, 3.05) is 19.8 Å². The van der Waals surface area contributed by atoms with Gasteiger partial charge in [0.2, 0.25) is 5.91 Å². The van der Waals surface area contributed by atoms with Crippen LogP contribution in [-0.4, -0.2) is 41.3 Å². The minimum Gasteiger partial charge on any atom is -0.493 e. The van der Waals surface area contributed by atoms with Gasteiger partial charge in [-0.3, -0.25) is 4.79 Å². The van der Waals surface area contributed by atoms with Gasteiger partial charge in [-0.2, -0.15) is 0 Å². The second-order valence-electron chi connectivity index (χ2n) is 8.72. The number of amides is 1. The second kappa shape index (κ2) is 12.4. The van der Waals surface area contributed by atoms with Crippen molar-refractivity contribution in [1.29, 1.82) is 0 Å². The lowest BCUT2D eigenvalue weighted by molar-refractivity contribution is -0.130. The number of aromatic nitrogens is 2. The standard InChI is InChI=1S/C28H35N3O3/c1-2-11-22-12-3-6-15-25(22)33-20-8-7-19-31-24-14-5-4-13-23(24)30-27(31)17-9-18-29-28(32)26-16-10-21-34-26/h2-6,12-15,26H,1,7-11,16-21H2,(H,29,32). The molecule has 1 saturated heterocycles. The van der Waals surface area contributed by atoms with Crippen LogP contribution in [0.2, 0.25) is 0 Å². The van der Waals surface area contributed by atoms with Crippen LogP contribution in [-0.2, 0) is 28.9 Å². The molecular formula is C28H35N3O3. The van der Waals surface area contributed by atoms with Gasteiger partial charge in [0.15, 0.2) is 0 Å². The molecule has 2 heterocycles. The first-order valence-corrected chi connectivity index (χ1v) is 12.4. The molecule has 0 aliphatic carbocycles. The monoisotopic (exact) mass is 461 g/mol. The van der Waals surface area contributed by atoms with Crippen molar-refractivity contribution in [3.63, 3.8) is 0 Å². The molecule has 6 heteroatoms. The number of nitrogens with one attached hydrogen (secondary N) is 1. The molecule has 1 aromatic heterocycles. The van der Waals surface area contributed by atoms with E-state index < -0.39 is 0 Å². The zero-order chi connectivity index (χ0) is 23.6. The third-order valence-electron chi connectivity index (χ3n) is 6.20. The van der Waals surface area contributed by atoms with Crippen molar-refractivity contribution < 1.29 is 14.3 Å². The molecule has 2 aromatic carbocycles. The number of ether oxygens (including phenoxy) is 2. The number of carbonyl (C=O) groups is 1. The number of carbonyl (C=O) groups excluding carboxylic acids is 1. The van der Waals surface area contributed by atoms with Crippen LogP contribution in [0.4, 0.5) is 0 Å². The summed E-state index contributed by atoms with van der Waals surface area (Å²) < 4.78 is 13.8. The predicted octanol–water partition coefficient (Wildman–Crippen LogP) is 4.85. The second-order valence-corrected chi connectivity index (χ2v) is 8.72. The minimum atomic E-state index is -0.268. The molecule has 1 amide bonds. The molecule has 1 unspecified atom stereocenters. The number of allylic oxidation sites excluding steroid dienone is 1. The van der Waals surface area contributed by atoms with Gasteiger partial charge in [-0.25, -0.2) is 4.98 Å². The zero-order valence-electron chi connectivity index (χ0n) is 19.9. The number of rotatable bonds is 13. The number of unbranched alkanes of at least 4 members (excludes halogenated alkanes) is 1. The molecule has 0 spiro atoms. The van der Waals surface area contributed by atoms with Crippen LogP contribution in [0.5, 0.6) is 5.75 Å². The summed E-state index contributed by atoms with van der Waals surface area (Å²) in [5, 5.41) is 3.01. The summed E-state index contributed by atoms with van der Waals surface area (Å²) in [6.07, 6.45) is 7.89. The number of hydrogen-bond acceptors (Lipinski definition) is 4. The fourth-order valence-corrected chi connectivity index (χ4v) is 4.45. The number of aryl methyl sites for hydroxylation is 2. The molecule has 1 N–H and O–H groups in total. The van der Waals surface area contributed by atoms with Crippen molar-refractivity contribution in [2.24, 2.45) is 0 Å². The van der Waals surface area contributed by atoms with E-state index in [1.165, 1.54) is 5.56 Å². The van der Waals surface area contributed by atoms with Crippen molar-refractivity contribution in [3.05, 3.63) is 72.6 Å². The maximum atomic E-state index is 12.2. The molecule has 0 saturated carbocycles. The van der Waals surface area contributed by atoms with Crippen LogP contribution in [0.25, 0.3) is 11.0 Å². The number of hydrogen-bond donors (Lipinski definition) is 1. The average Bonchev–Trinajstić information content (AvgIpc) is 3.51. The van der Waals surface area contributed by atoms with E-state index in [9.17, 15) is 4.79 Å². The van der Waals surface area contributed by atoms with E-state index in [4.69, 9.17) is 14.5 Å². The predicted molar refractivity (Wildman–Crippen MR) is 135 cm³/mol. The van der Waals surface area contributed by atoms with Crippen LogP contribution in [0.1, 0.15) is 43.5 Å². The van der Waals surface area contributed by atoms with E-state index in [0.29, 0.717) is 19.8 Å². The van der Waals surface area contributed by atoms with Gasteiger partial charge in [-0.15, -0.1) is 6.58 Å². The summed E-state index contributed by atoms with van der Waals surface area (Å²) in [7, 11) is 0. The molecule has 1 fully saturated rings. The zero-order valence-corrected chi connectivity index (χ0v) is 19.9. The van der Waals surface area contributed by atoms with E-state index in [1.807, 2.05) is 30.3 Å². The van der Waals surface area contributed by atoms with Gasteiger partial charge in [0.05, 0.1) is 17.6 Å². The van der Waals surface area contributed by atoms with Gasteiger partial charge in [-0.1, -0.05) is 36.4 Å². The van der Waals surface area contributed by atoms with Crippen molar-refractivity contribution in [1.82, 2.24) is 14.9 Å². The Bertz CT molecular complexity index is 1090. The van der Waals surface area contributed by atoms with E-state index in [0.717, 1.165) is 74.1 Å². The Morgan fingerprint density at radius 1 is 1.18 bits per heavy atom. The molecule has 34 heavy (non-hydrogen) atoms. The third kappa shape index (κ3) is 6.26. The first kappa shape index (κ1) is 24.0. The fourth-order valence-electron chi connectivity index (χ4n) is 4.45. The Labute approximate surface area is 202 Å². The maximum Gasteiger partial charge on any atom is 0.249 e. The maximum absolute atomic E-state index is 12.2. The normalized spacial score (nSPS) is 15.5. The van der Waals surface area contributed by atoms with Crippen molar-refractivity contribution in [2.45, 2.75) is 57.6 Å². The van der Waals surface area contributed by atoms with Crippen LogP contribution in [0.15, 0.2) is 61.2 Å². The molecule has 1 atom stereocenters. The van der Waals surface area contributed by atoms with Gasteiger partial charge in [-0.05, 0) is 62.3 Å². The van der Waals surface area contributed by atoms with Crippen molar-refractivity contribution >= 4 is 16.9 Å². The average molecular weight is 462 g/mol. The number of para-hydroxylation sites is 3. The third-order valence-corrected chi connectivity index (χ3v) is 6.20. The first-order valence-electron chi connectivity index (χ1n) is 12.4. The lowest BCUT2D eigenvalue weighted by Gasteiger charge is -2.12.